The van der Waals surface area contributed by atoms with E-state index in [4.69, 9.17) is 0 Å². The summed E-state index contributed by atoms with van der Waals surface area (Å²) in [5.41, 5.74) is 0.267. The summed E-state index contributed by atoms with van der Waals surface area (Å²) in [5, 5.41) is 0. The molecule has 0 aliphatic heterocycles. The Morgan fingerprint density at radius 3 is 2.17 bits per heavy atom. The first-order valence-electron chi connectivity index (χ1n) is 4.30. The van der Waals surface area contributed by atoms with Crippen molar-refractivity contribution in [3.63, 3.8) is 0 Å². The van der Waals surface area contributed by atoms with Gasteiger partial charge >= 0.3 is 0 Å². The van der Waals surface area contributed by atoms with Gasteiger partial charge in [-0.1, -0.05) is 13.8 Å². The molecule has 1 aliphatic carbocycles. The quantitative estimate of drug-likeness (QED) is 0.719. The number of rotatable bonds is 4. The van der Waals surface area contributed by atoms with Crippen LogP contribution in [0.15, 0.2) is 0 Å². The van der Waals surface area contributed by atoms with Crippen molar-refractivity contribution in [2.75, 3.05) is 12.8 Å². The summed E-state index contributed by atoms with van der Waals surface area (Å²) in [5.74, 6) is 0.576. The molecule has 4 heteroatoms. The SMILES string of the molecule is CC(C)C1(CNS(C)(=O)=O)CC1. The Kier molecular flexibility index (Phi) is 2.50. The minimum atomic E-state index is -3.00. The van der Waals surface area contributed by atoms with Gasteiger partial charge in [-0.15, -0.1) is 0 Å². The average molecular weight is 191 g/mol. The van der Waals surface area contributed by atoms with Gasteiger partial charge in [-0.25, -0.2) is 13.1 Å². The number of hydrogen-bond acceptors (Lipinski definition) is 2. The van der Waals surface area contributed by atoms with Gasteiger partial charge in [0, 0.05) is 6.54 Å². The van der Waals surface area contributed by atoms with Crippen LogP contribution < -0.4 is 4.72 Å². The molecule has 0 bridgehead atoms. The van der Waals surface area contributed by atoms with Gasteiger partial charge < -0.3 is 0 Å². The maximum Gasteiger partial charge on any atom is 0.208 e. The number of hydrogen-bond donors (Lipinski definition) is 1. The van der Waals surface area contributed by atoms with Crippen LogP contribution in [0.3, 0.4) is 0 Å². The third-order valence-corrected chi connectivity index (χ3v) is 3.47. The Morgan fingerprint density at radius 1 is 1.42 bits per heavy atom. The van der Waals surface area contributed by atoms with E-state index in [1.54, 1.807) is 0 Å². The molecule has 1 N–H and O–H groups in total. The van der Waals surface area contributed by atoms with E-state index in [1.807, 2.05) is 0 Å². The first kappa shape index (κ1) is 9.99. The molecular weight excluding hydrogens is 174 g/mol. The molecule has 12 heavy (non-hydrogen) atoms. The van der Waals surface area contributed by atoms with Crippen molar-refractivity contribution in [1.29, 1.82) is 0 Å². The Bertz CT molecular complexity index is 252. The highest BCUT2D eigenvalue weighted by molar-refractivity contribution is 7.88. The van der Waals surface area contributed by atoms with Crippen LogP contribution >= 0.6 is 0 Å². The van der Waals surface area contributed by atoms with Crippen molar-refractivity contribution in [2.24, 2.45) is 11.3 Å². The second kappa shape index (κ2) is 3.00. The van der Waals surface area contributed by atoms with Crippen LogP contribution in [-0.2, 0) is 10.0 Å². The molecule has 0 aromatic rings. The van der Waals surface area contributed by atoms with E-state index in [0.717, 1.165) is 12.8 Å². The van der Waals surface area contributed by atoms with E-state index in [2.05, 4.69) is 18.6 Å². The van der Waals surface area contributed by atoms with Gasteiger partial charge in [0.25, 0.3) is 0 Å². The third-order valence-electron chi connectivity index (χ3n) is 2.80. The lowest BCUT2D eigenvalue weighted by molar-refractivity contribution is 0.358. The van der Waals surface area contributed by atoms with E-state index >= 15 is 0 Å². The van der Waals surface area contributed by atoms with Crippen molar-refractivity contribution in [2.45, 2.75) is 26.7 Å². The molecule has 3 nitrogen and oxygen atoms in total. The maximum atomic E-state index is 10.8. The van der Waals surface area contributed by atoms with E-state index in [9.17, 15) is 8.42 Å². The topological polar surface area (TPSA) is 46.2 Å². The summed E-state index contributed by atoms with van der Waals surface area (Å²) in [6, 6.07) is 0. The molecule has 1 fully saturated rings. The highest BCUT2D eigenvalue weighted by Crippen LogP contribution is 2.51. The molecule has 1 aliphatic rings. The van der Waals surface area contributed by atoms with Crippen molar-refractivity contribution >= 4 is 10.0 Å². The average Bonchev–Trinajstić information content (AvgIpc) is 2.61. The molecule has 1 saturated carbocycles. The number of nitrogens with one attached hydrogen (secondary N) is 1. The first-order valence-corrected chi connectivity index (χ1v) is 6.19. The van der Waals surface area contributed by atoms with Gasteiger partial charge in [0.15, 0.2) is 0 Å². The molecule has 72 valence electrons. The Labute approximate surface area is 74.6 Å². The lowest BCUT2D eigenvalue weighted by Crippen LogP contribution is -2.31. The van der Waals surface area contributed by atoms with Gasteiger partial charge in [0.2, 0.25) is 10.0 Å². The zero-order chi connectivity index (χ0) is 9.41. The highest BCUT2D eigenvalue weighted by Gasteiger charge is 2.45. The Morgan fingerprint density at radius 2 is 1.92 bits per heavy atom. The van der Waals surface area contributed by atoms with Crippen molar-refractivity contribution < 1.29 is 8.42 Å². The zero-order valence-electron chi connectivity index (χ0n) is 7.92. The molecule has 0 spiro atoms. The minimum absolute atomic E-state index is 0.267. The third kappa shape index (κ3) is 2.45. The van der Waals surface area contributed by atoms with E-state index in [-0.39, 0.29) is 5.41 Å². The lowest BCUT2D eigenvalue weighted by Gasteiger charge is -2.18. The van der Waals surface area contributed by atoms with Gasteiger partial charge in [0.1, 0.15) is 0 Å². The van der Waals surface area contributed by atoms with Crippen LogP contribution in [-0.4, -0.2) is 21.2 Å². The van der Waals surface area contributed by atoms with E-state index in [0.29, 0.717) is 12.5 Å². The van der Waals surface area contributed by atoms with Crippen molar-refractivity contribution in [3.8, 4) is 0 Å². The number of sulfonamides is 1. The molecule has 0 heterocycles. The second-order valence-corrected chi connectivity index (χ2v) is 5.94. The molecule has 0 unspecified atom stereocenters. The smallest absolute Gasteiger partial charge is 0.208 e. The summed E-state index contributed by atoms with van der Waals surface area (Å²) in [6.07, 6.45) is 3.53. The normalized spacial score (nSPS) is 21.3. The Hall–Kier alpha value is -0.0900. The predicted octanol–water partition coefficient (Wildman–Crippen LogP) is 0.972. The van der Waals surface area contributed by atoms with Crippen molar-refractivity contribution in [3.05, 3.63) is 0 Å². The maximum absolute atomic E-state index is 10.8. The molecule has 1 rings (SSSR count). The summed E-state index contributed by atoms with van der Waals surface area (Å²) in [6.45, 7) is 4.91. The van der Waals surface area contributed by atoms with Crippen LogP contribution in [0, 0.1) is 11.3 Å². The van der Waals surface area contributed by atoms with Crippen molar-refractivity contribution in [1.82, 2.24) is 4.72 Å². The fourth-order valence-electron chi connectivity index (χ4n) is 1.39. The molecule has 0 radical (unpaired) electrons. The van der Waals surface area contributed by atoms with Crippen LogP contribution in [0.5, 0.6) is 0 Å². The molecule has 0 saturated heterocycles. The van der Waals surface area contributed by atoms with Gasteiger partial charge in [-0.05, 0) is 24.2 Å². The fraction of sp³-hybridized carbons (Fsp3) is 1.00. The minimum Gasteiger partial charge on any atom is -0.215 e. The monoisotopic (exact) mass is 191 g/mol. The summed E-state index contributed by atoms with van der Waals surface area (Å²) < 4.78 is 24.2. The van der Waals surface area contributed by atoms with Crippen LogP contribution in [0.2, 0.25) is 0 Å². The van der Waals surface area contributed by atoms with Crippen LogP contribution in [0.1, 0.15) is 26.7 Å². The fourth-order valence-corrected chi connectivity index (χ4v) is 1.94. The largest absolute Gasteiger partial charge is 0.215 e. The highest BCUT2D eigenvalue weighted by atomic mass is 32.2. The van der Waals surface area contributed by atoms with Gasteiger partial charge in [0.05, 0.1) is 6.26 Å². The van der Waals surface area contributed by atoms with Gasteiger partial charge in [-0.3, -0.25) is 0 Å². The summed E-state index contributed by atoms with van der Waals surface area (Å²) >= 11 is 0. The standard InChI is InChI=1S/C8H17NO2S/c1-7(2)8(4-5-8)6-9-12(3,10)11/h7,9H,4-6H2,1-3H3. The molecule has 0 atom stereocenters. The lowest BCUT2D eigenvalue weighted by atomic mass is 9.93. The summed E-state index contributed by atoms with van der Waals surface area (Å²) in [4.78, 5) is 0. The molecule has 0 aromatic heterocycles. The second-order valence-electron chi connectivity index (χ2n) is 4.11. The first-order chi connectivity index (χ1) is 5.36. The zero-order valence-corrected chi connectivity index (χ0v) is 8.74. The predicted molar refractivity (Wildman–Crippen MR) is 49.4 cm³/mol. The van der Waals surface area contributed by atoms with Gasteiger partial charge in [-0.2, -0.15) is 0 Å². The summed E-state index contributed by atoms with van der Waals surface area (Å²) in [7, 11) is -3.00. The Balaban J connectivity index is 2.43. The molecule has 0 amide bonds. The van der Waals surface area contributed by atoms with E-state index in [1.165, 1.54) is 6.26 Å². The molecular formula is C8H17NO2S. The van der Waals surface area contributed by atoms with E-state index < -0.39 is 10.0 Å². The van der Waals surface area contributed by atoms with Crippen LogP contribution in [0.4, 0.5) is 0 Å². The van der Waals surface area contributed by atoms with Crippen LogP contribution in [0.25, 0.3) is 0 Å². The molecule has 0 aromatic carbocycles.